The number of aryl methyl sites for hydroxylation is 1. The average Bonchev–Trinajstić information content (AvgIpc) is 2.90. The number of hydrogen-bond donors (Lipinski definition) is 1. The molecule has 0 fully saturated rings. The van der Waals surface area contributed by atoms with Crippen LogP contribution in [0.2, 0.25) is 0 Å². The predicted octanol–water partition coefficient (Wildman–Crippen LogP) is 2.57. The lowest BCUT2D eigenvalue weighted by atomic mass is 10.2. The molecule has 2 heterocycles. The van der Waals surface area contributed by atoms with Crippen molar-refractivity contribution in [3.05, 3.63) is 47.5 Å². The first kappa shape index (κ1) is 13.1. The fourth-order valence-electron chi connectivity index (χ4n) is 1.79. The Morgan fingerprint density at radius 2 is 2.26 bits per heavy atom. The third-order valence-corrected chi connectivity index (χ3v) is 2.84. The van der Waals surface area contributed by atoms with Crippen LogP contribution >= 0.6 is 0 Å². The minimum absolute atomic E-state index is 0.258. The number of carboxylic acids is 1. The van der Waals surface area contributed by atoms with Crippen molar-refractivity contribution in [3.8, 4) is 0 Å². The van der Waals surface area contributed by atoms with Crippen LogP contribution in [0, 0.1) is 0 Å². The van der Waals surface area contributed by atoms with Crippen LogP contribution in [0.15, 0.2) is 34.9 Å². The van der Waals surface area contributed by atoms with Crippen molar-refractivity contribution in [3.63, 3.8) is 0 Å². The quantitative estimate of drug-likeness (QED) is 0.895. The van der Waals surface area contributed by atoms with Gasteiger partial charge in [-0.2, -0.15) is 0 Å². The van der Waals surface area contributed by atoms with Crippen LogP contribution in [-0.2, 0) is 13.0 Å². The Hall–Kier alpha value is -2.30. The van der Waals surface area contributed by atoms with E-state index in [4.69, 9.17) is 9.52 Å². The fourth-order valence-corrected chi connectivity index (χ4v) is 1.79. The molecule has 0 atom stereocenters. The lowest BCUT2D eigenvalue weighted by Gasteiger charge is -2.18. The van der Waals surface area contributed by atoms with Crippen LogP contribution in [0.3, 0.4) is 0 Å². The van der Waals surface area contributed by atoms with Crippen molar-refractivity contribution in [1.29, 1.82) is 0 Å². The van der Waals surface area contributed by atoms with Crippen LogP contribution in [-0.4, -0.2) is 23.1 Å². The first-order valence-corrected chi connectivity index (χ1v) is 6.08. The summed E-state index contributed by atoms with van der Waals surface area (Å²) in [5, 5.41) is 9.10. The van der Waals surface area contributed by atoms with E-state index in [1.54, 1.807) is 18.4 Å². The summed E-state index contributed by atoms with van der Waals surface area (Å²) in [6.07, 6.45) is 2.31. The molecule has 5 nitrogen and oxygen atoms in total. The monoisotopic (exact) mass is 260 g/mol. The van der Waals surface area contributed by atoms with E-state index in [0.717, 1.165) is 11.5 Å². The smallest absolute Gasteiger partial charge is 0.335 e. The maximum Gasteiger partial charge on any atom is 0.335 e. The molecule has 0 aromatic carbocycles. The second kappa shape index (κ2) is 5.56. The molecule has 1 N–H and O–H groups in total. The zero-order valence-electron chi connectivity index (χ0n) is 11.0. The minimum atomic E-state index is -0.940. The van der Waals surface area contributed by atoms with Crippen LogP contribution in [0.1, 0.15) is 28.7 Å². The molecule has 0 aliphatic rings. The standard InChI is InChI=1S/C14H16N2O3/c1-3-11-7-10(14(17)18)8-13(15-11)16(2)9-12-5-4-6-19-12/h4-8H,3,9H2,1-2H3,(H,17,18). The van der Waals surface area contributed by atoms with Crippen molar-refractivity contribution in [2.45, 2.75) is 19.9 Å². The van der Waals surface area contributed by atoms with Crippen molar-refractivity contribution in [2.24, 2.45) is 0 Å². The van der Waals surface area contributed by atoms with Crippen molar-refractivity contribution in [1.82, 2.24) is 4.98 Å². The molecular weight excluding hydrogens is 244 g/mol. The Kier molecular flexibility index (Phi) is 3.85. The molecule has 0 saturated carbocycles. The van der Waals surface area contributed by atoms with Gasteiger partial charge >= 0.3 is 5.97 Å². The molecule has 0 saturated heterocycles. The van der Waals surface area contributed by atoms with Gasteiger partial charge in [-0.05, 0) is 30.7 Å². The first-order valence-electron chi connectivity index (χ1n) is 6.08. The maximum atomic E-state index is 11.1. The highest BCUT2D eigenvalue weighted by atomic mass is 16.4. The van der Waals surface area contributed by atoms with E-state index in [1.165, 1.54) is 0 Å². The van der Waals surface area contributed by atoms with Gasteiger partial charge in [-0.15, -0.1) is 0 Å². The van der Waals surface area contributed by atoms with Gasteiger partial charge in [-0.25, -0.2) is 9.78 Å². The Morgan fingerprint density at radius 1 is 1.47 bits per heavy atom. The molecule has 100 valence electrons. The van der Waals surface area contributed by atoms with Gasteiger partial charge in [0.15, 0.2) is 0 Å². The van der Waals surface area contributed by atoms with E-state index >= 15 is 0 Å². The van der Waals surface area contributed by atoms with Crippen molar-refractivity contribution in [2.75, 3.05) is 11.9 Å². The summed E-state index contributed by atoms with van der Waals surface area (Å²) in [4.78, 5) is 17.4. The number of carbonyl (C=O) groups is 1. The lowest BCUT2D eigenvalue weighted by molar-refractivity contribution is 0.0696. The SMILES string of the molecule is CCc1cc(C(=O)O)cc(N(C)Cc2ccco2)n1. The molecule has 2 rings (SSSR count). The molecule has 5 heteroatoms. The van der Waals surface area contributed by atoms with Crippen LogP contribution in [0.4, 0.5) is 5.82 Å². The third kappa shape index (κ3) is 3.13. The highest BCUT2D eigenvalue weighted by molar-refractivity contribution is 5.88. The highest BCUT2D eigenvalue weighted by Gasteiger charge is 2.11. The number of carboxylic acid groups (broad SMARTS) is 1. The van der Waals surface area contributed by atoms with E-state index < -0.39 is 5.97 Å². The minimum Gasteiger partial charge on any atom is -0.478 e. The number of furan rings is 1. The summed E-state index contributed by atoms with van der Waals surface area (Å²) >= 11 is 0. The second-order valence-corrected chi connectivity index (χ2v) is 4.30. The maximum absolute atomic E-state index is 11.1. The number of pyridine rings is 1. The zero-order chi connectivity index (χ0) is 13.8. The normalized spacial score (nSPS) is 10.4. The van der Waals surface area contributed by atoms with Gasteiger partial charge in [0, 0.05) is 12.7 Å². The zero-order valence-corrected chi connectivity index (χ0v) is 11.0. The molecule has 0 spiro atoms. The molecule has 2 aromatic heterocycles. The van der Waals surface area contributed by atoms with Gasteiger partial charge < -0.3 is 14.4 Å². The molecule has 19 heavy (non-hydrogen) atoms. The lowest BCUT2D eigenvalue weighted by Crippen LogP contribution is -2.18. The third-order valence-electron chi connectivity index (χ3n) is 2.84. The van der Waals surface area contributed by atoms with Crippen LogP contribution < -0.4 is 4.90 Å². The number of aromatic nitrogens is 1. The number of anilines is 1. The van der Waals surface area contributed by atoms with E-state index in [9.17, 15) is 4.79 Å². The van der Waals surface area contributed by atoms with Gasteiger partial charge in [0.05, 0.1) is 18.4 Å². The summed E-state index contributed by atoms with van der Waals surface area (Å²) in [6.45, 7) is 2.50. The number of nitrogens with zero attached hydrogens (tertiary/aromatic N) is 2. The van der Waals surface area contributed by atoms with E-state index in [0.29, 0.717) is 18.8 Å². The van der Waals surface area contributed by atoms with E-state index in [-0.39, 0.29) is 5.56 Å². The summed E-state index contributed by atoms with van der Waals surface area (Å²) < 4.78 is 5.27. The molecule has 0 amide bonds. The number of hydrogen-bond acceptors (Lipinski definition) is 4. The summed E-state index contributed by atoms with van der Waals surface area (Å²) in [7, 11) is 1.86. The summed E-state index contributed by atoms with van der Waals surface area (Å²) in [5.74, 6) is 0.501. The number of rotatable bonds is 5. The van der Waals surface area contributed by atoms with Gasteiger partial charge in [0.2, 0.25) is 0 Å². The van der Waals surface area contributed by atoms with E-state index in [2.05, 4.69) is 4.98 Å². The van der Waals surface area contributed by atoms with E-state index in [1.807, 2.05) is 31.0 Å². The number of aromatic carboxylic acids is 1. The molecule has 0 aliphatic carbocycles. The predicted molar refractivity (Wildman–Crippen MR) is 71.4 cm³/mol. The average molecular weight is 260 g/mol. The topological polar surface area (TPSA) is 66.6 Å². The molecular formula is C14H16N2O3. The van der Waals surface area contributed by atoms with Gasteiger partial charge in [-0.1, -0.05) is 6.92 Å². The molecule has 0 aliphatic heterocycles. The Balaban J connectivity index is 2.27. The van der Waals surface area contributed by atoms with Crippen molar-refractivity contribution >= 4 is 11.8 Å². The Morgan fingerprint density at radius 3 is 2.84 bits per heavy atom. The fraction of sp³-hybridized carbons (Fsp3) is 0.286. The molecule has 2 aromatic rings. The van der Waals surface area contributed by atoms with Crippen LogP contribution in [0.25, 0.3) is 0 Å². The first-order chi connectivity index (χ1) is 9.10. The largest absolute Gasteiger partial charge is 0.478 e. The summed E-state index contributed by atoms with van der Waals surface area (Å²) in [6, 6.07) is 6.87. The Labute approximate surface area is 111 Å². The highest BCUT2D eigenvalue weighted by Crippen LogP contribution is 2.17. The van der Waals surface area contributed by atoms with Gasteiger partial charge in [0.25, 0.3) is 0 Å². The second-order valence-electron chi connectivity index (χ2n) is 4.30. The van der Waals surface area contributed by atoms with Crippen LogP contribution in [0.5, 0.6) is 0 Å². The van der Waals surface area contributed by atoms with Gasteiger partial charge in [-0.3, -0.25) is 0 Å². The molecule has 0 radical (unpaired) electrons. The Bertz CT molecular complexity index is 564. The summed E-state index contributed by atoms with van der Waals surface area (Å²) in [5.41, 5.74) is 1.02. The molecule has 0 unspecified atom stereocenters. The molecule has 0 bridgehead atoms. The van der Waals surface area contributed by atoms with Gasteiger partial charge in [0.1, 0.15) is 11.6 Å². The van der Waals surface area contributed by atoms with Crippen molar-refractivity contribution < 1.29 is 14.3 Å².